The van der Waals surface area contributed by atoms with Gasteiger partial charge in [-0.15, -0.1) is 0 Å². The number of halogens is 3. The Morgan fingerprint density at radius 1 is 1.29 bits per heavy atom. The van der Waals surface area contributed by atoms with E-state index in [1.165, 1.54) is 6.92 Å². The number of carbonyl (C=O) groups excluding carboxylic acids is 1. The molecule has 0 aliphatic heterocycles. The molecule has 0 amide bonds. The van der Waals surface area contributed by atoms with E-state index in [1.54, 1.807) is 0 Å². The number of alkyl halides is 3. The minimum Gasteiger partial charge on any atom is -0.460 e. The van der Waals surface area contributed by atoms with E-state index in [9.17, 15) is 18.0 Å². The molecule has 1 atom stereocenters. The average molecular weight is 254 g/mol. The third-order valence-electron chi connectivity index (χ3n) is 2.66. The van der Waals surface area contributed by atoms with Gasteiger partial charge >= 0.3 is 12.1 Å². The second-order valence-corrected chi connectivity index (χ2v) is 4.27. The van der Waals surface area contributed by atoms with E-state index >= 15 is 0 Å². The second-order valence-electron chi connectivity index (χ2n) is 4.27. The highest BCUT2D eigenvalue weighted by molar-refractivity contribution is 5.74. The zero-order valence-corrected chi connectivity index (χ0v) is 9.76. The van der Waals surface area contributed by atoms with Crippen LogP contribution in [-0.4, -0.2) is 31.0 Å². The maximum atomic E-state index is 11.9. The molecular weight excluding hydrogens is 237 g/mol. The lowest BCUT2D eigenvalue weighted by Gasteiger charge is -2.23. The Bertz CT molecular complexity index is 247. The van der Waals surface area contributed by atoms with E-state index in [0.717, 1.165) is 32.1 Å². The lowest BCUT2D eigenvalue weighted by atomic mass is 9.98. The fourth-order valence-corrected chi connectivity index (χ4v) is 1.73. The van der Waals surface area contributed by atoms with Crippen LogP contribution in [0.3, 0.4) is 0 Å². The molecule has 1 fully saturated rings. The van der Waals surface area contributed by atoms with Crippen molar-refractivity contribution in [3.63, 3.8) is 0 Å². The van der Waals surface area contributed by atoms with Gasteiger partial charge in [-0.3, -0.25) is 0 Å². The molecule has 0 aromatic carbocycles. The smallest absolute Gasteiger partial charge is 0.411 e. The van der Waals surface area contributed by atoms with Gasteiger partial charge in [-0.05, 0) is 32.6 Å². The summed E-state index contributed by atoms with van der Waals surface area (Å²) < 4.78 is 45.1. The maximum absolute atomic E-state index is 11.9. The molecule has 1 saturated carbocycles. The molecule has 0 aromatic rings. The Kier molecular flexibility index (Phi) is 5.24. The molecule has 0 radical (unpaired) electrons. The van der Waals surface area contributed by atoms with Gasteiger partial charge in [0.15, 0.2) is 6.10 Å². The number of carbonyl (C=O) groups is 1. The zero-order valence-electron chi connectivity index (χ0n) is 9.76. The van der Waals surface area contributed by atoms with Crippen molar-refractivity contribution in [3.8, 4) is 0 Å². The van der Waals surface area contributed by atoms with Gasteiger partial charge < -0.3 is 9.47 Å². The number of ether oxygens (including phenoxy) is 2. The van der Waals surface area contributed by atoms with E-state index in [4.69, 9.17) is 4.74 Å². The predicted molar refractivity (Wildman–Crippen MR) is 54.4 cm³/mol. The molecule has 0 spiro atoms. The molecule has 0 aromatic heterocycles. The summed E-state index contributed by atoms with van der Waals surface area (Å²) in [6.45, 7) is -0.148. The predicted octanol–water partition coefficient (Wildman–Crippen LogP) is 2.83. The van der Waals surface area contributed by atoms with Crippen LogP contribution in [0.15, 0.2) is 0 Å². The topological polar surface area (TPSA) is 35.5 Å². The molecular formula is C11H17F3O3. The zero-order chi connectivity index (χ0) is 12.9. The molecule has 0 bridgehead atoms. The largest absolute Gasteiger partial charge is 0.460 e. The standard InChI is InChI=1S/C11H17F3O3/c1-8(16-7-11(12,13)14)10(15)17-9-5-3-2-4-6-9/h8-9H,2-7H2,1H3. The van der Waals surface area contributed by atoms with Gasteiger partial charge in [0.25, 0.3) is 0 Å². The molecule has 1 aliphatic rings. The summed E-state index contributed by atoms with van der Waals surface area (Å²) in [5, 5.41) is 0. The summed E-state index contributed by atoms with van der Waals surface area (Å²) in [4.78, 5) is 11.4. The highest BCUT2D eigenvalue weighted by Crippen LogP contribution is 2.21. The molecule has 3 nitrogen and oxygen atoms in total. The van der Waals surface area contributed by atoms with Crippen LogP contribution in [0.2, 0.25) is 0 Å². The summed E-state index contributed by atoms with van der Waals surface area (Å²) in [5.41, 5.74) is 0. The van der Waals surface area contributed by atoms with Crippen molar-refractivity contribution in [2.45, 2.75) is 57.4 Å². The van der Waals surface area contributed by atoms with Crippen LogP contribution in [0, 0.1) is 0 Å². The fourth-order valence-electron chi connectivity index (χ4n) is 1.73. The third kappa shape index (κ3) is 5.91. The Labute approximate surface area is 98.3 Å². The SMILES string of the molecule is CC(OCC(F)(F)F)C(=O)OC1CCCCC1. The number of rotatable bonds is 4. The Morgan fingerprint density at radius 3 is 2.41 bits per heavy atom. The van der Waals surface area contributed by atoms with Gasteiger partial charge in [0.05, 0.1) is 0 Å². The van der Waals surface area contributed by atoms with Crippen LogP contribution >= 0.6 is 0 Å². The number of hydrogen-bond donors (Lipinski definition) is 0. The maximum Gasteiger partial charge on any atom is 0.411 e. The minimum atomic E-state index is -4.42. The first-order valence-corrected chi connectivity index (χ1v) is 5.77. The van der Waals surface area contributed by atoms with Gasteiger partial charge in [-0.25, -0.2) is 4.79 Å². The summed E-state index contributed by atoms with van der Waals surface area (Å²) >= 11 is 0. The highest BCUT2D eigenvalue weighted by atomic mass is 19.4. The molecule has 0 saturated heterocycles. The van der Waals surface area contributed by atoms with Crippen molar-refractivity contribution in [1.82, 2.24) is 0 Å². The first kappa shape index (κ1) is 14.3. The Balaban J connectivity index is 2.26. The number of esters is 1. The normalized spacial score (nSPS) is 20.0. The summed E-state index contributed by atoms with van der Waals surface area (Å²) in [7, 11) is 0. The van der Waals surface area contributed by atoms with Crippen LogP contribution in [0.5, 0.6) is 0 Å². The third-order valence-corrected chi connectivity index (χ3v) is 2.66. The van der Waals surface area contributed by atoms with Crippen molar-refractivity contribution < 1.29 is 27.4 Å². The van der Waals surface area contributed by atoms with E-state index < -0.39 is 24.9 Å². The second kappa shape index (κ2) is 6.23. The van der Waals surface area contributed by atoms with E-state index in [-0.39, 0.29) is 6.10 Å². The van der Waals surface area contributed by atoms with Crippen LogP contribution in [0.4, 0.5) is 13.2 Å². The van der Waals surface area contributed by atoms with Crippen LogP contribution in [0.25, 0.3) is 0 Å². The highest BCUT2D eigenvalue weighted by Gasteiger charge is 2.31. The van der Waals surface area contributed by atoms with Crippen LogP contribution in [-0.2, 0) is 14.3 Å². The van der Waals surface area contributed by atoms with Crippen molar-refractivity contribution in [1.29, 1.82) is 0 Å². The quantitative estimate of drug-likeness (QED) is 0.724. The van der Waals surface area contributed by atoms with Crippen molar-refractivity contribution in [2.75, 3.05) is 6.61 Å². The van der Waals surface area contributed by atoms with E-state index in [1.807, 2.05) is 0 Å². The van der Waals surface area contributed by atoms with Crippen molar-refractivity contribution >= 4 is 5.97 Å². The molecule has 0 heterocycles. The fraction of sp³-hybridized carbons (Fsp3) is 0.909. The van der Waals surface area contributed by atoms with E-state index in [0.29, 0.717) is 0 Å². The van der Waals surface area contributed by atoms with Crippen LogP contribution in [0.1, 0.15) is 39.0 Å². The van der Waals surface area contributed by atoms with Crippen molar-refractivity contribution in [3.05, 3.63) is 0 Å². The Morgan fingerprint density at radius 2 is 1.88 bits per heavy atom. The first-order valence-electron chi connectivity index (χ1n) is 5.77. The molecule has 1 unspecified atom stereocenters. The van der Waals surface area contributed by atoms with Crippen LogP contribution < -0.4 is 0 Å². The molecule has 0 N–H and O–H groups in total. The van der Waals surface area contributed by atoms with Gasteiger partial charge in [-0.2, -0.15) is 13.2 Å². The van der Waals surface area contributed by atoms with Gasteiger partial charge in [0.1, 0.15) is 12.7 Å². The molecule has 1 aliphatic carbocycles. The van der Waals surface area contributed by atoms with Gasteiger partial charge in [0.2, 0.25) is 0 Å². The monoisotopic (exact) mass is 254 g/mol. The molecule has 1 rings (SSSR count). The summed E-state index contributed by atoms with van der Waals surface area (Å²) in [6.07, 6.45) is -1.05. The summed E-state index contributed by atoms with van der Waals surface area (Å²) in [6, 6.07) is 0. The Hall–Kier alpha value is -0.780. The molecule has 100 valence electrons. The lowest BCUT2D eigenvalue weighted by molar-refractivity contribution is -0.195. The van der Waals surface area contributed by atoms with Gasteiger partial charge in [0, 0.05) is 0 Å². The number of hydrogen-bond acceptors (Lipinski definition) is 3. The summed E-state index contributed by atoms with van der Waals surface area (Å²) in [5.74, 6) is -0.707. The van der Waals surface area contributed by atoms with Gasteiger partial charge in [-0.1, -0.05) is 6.42 Å². The average Bonchev–Trinajstić information content (AvgIpc) is 2.26. The van der Waals surface area contributed by atoms with E-state index in [2.05, 4.69) is 4.74 Å². The first-order chi connectivity index (χ1) is 7.88. The molecule has 6 heteroatoms. The minimum absolute atomic E-state index is 0.159. The lowest BCUT2D eigenvalue weighted by Crippen LogP contribution is -2.32. The van der Waals surface area contributed by atoms with Crippen molar-refractivity contribution in [2.24, 2.45) is 0 Å². The molecule has 17 heavy (non-hydrogen) atoms.